The zero-order chi connectivity index (χ0) is 23.0. The van der Waals surface area contributed by atoms with Crippen molar-refractivity contribution < 1.29 is 19.0 Å². The zero-order valence-electron chi connectivity index (χ0n) is 18.4. The summed E-state index contributed by atoms with van der Waals surface area (Å²) in [6.45, 7) is 0.491. The van der Waals surface area contributed by atoms with Crippen molar-refractivity contribution in [3.8, 4) is 17.2 Å². The minimum Gasteiger partial charge on any atom is -0.497 e. The highest BCUT2D eigenvalue weighted by molar-refractivity contribution is 8.14. The van der Waals surface area contributed by atoms with Gasteiger partial charge < -0.3 is 14.2 Å². The normalized spacial score (nSPS) is 14.4. The van der Waals surface area contributed by atoms with E-state index < -0.39 is 0 Å². The predicted octanol–water partition coefficient (Wildman–Crippen LogP) is 5.26. The number of aliphatic imine (C=N–C) groups is 1. The number of hydrogen-bond donors (Lipinski definition) is 0. The van der Waals surface area contributed by atoms with Crippen LogP contribution in [0.3, 0.4) is 0 Å². The molecule has 0 N–H and O–H groups in total. The maximum atomic E-state index is 13.3. The third kappa shape index (κ3) is 5.56. The molecule has 3 aromatic rings. The van der Waals surface area contributed by atoms with Crippen molar-refractivity contribution in [1.82, 2.24) is 0 Å². The van der Waals surface area contributed by atoms with Gasteiger partial charge >= 0.3 is 0 Å². The Morgan fingerprint density at radius 3 is 2.33 bits per heavy atom. The molecule has 0 fully saturated rings. The van der Waals surface area contributed by atoms with Crippen LogP contribution in [-0.2, 0) is 4.79 Å². The summed E-state index contributed by atoms with van der Waals surface area (Å²) in [5, 5.41) is 0.602. The van der Waals surface area contributed by atoms with Crippen LogP contribution < -0.4 is 19.1 Å². The number of para-hydroxylation sites is 1. The molecule has 0 saturated heterocycles. The van der Waals surface area contributed by atoms with E-state index in [1.807, 2.05) is 78.9 Å². The number of benzene rings is 3. The van der Waals surface area contributed by atoms with E-state index in [-0.39, 0.29) is 5.91 Å². The van der Waals surface area contributed by atoms with Crippen LogP contribution in [0.1, 0.15) is 5.56 Å². The van der Waals surface area contributed by atoms with Crippen molar-refractivity contribution in [3.05, 3.63) is 90.1 Å². The molecule has 0 aliphatic carbocycles. The molecule has 6 nitrogen and oxygen atoms in total. The summed E-state index contributed by atoms with van der Waals surface area (Å²) >= 11 is 1.47. The largest absolute Gasteiger partial charge is 0.497 e. The van der Waals surface area contributed by atoms with Crippen molar-refractivity contribution >= 4 is 34.6 Å². The molecule has 0 atom stereocenters. The first-order valence-electron chi connectivity index (χ1n) is 10.4. The molecule has 1 heterocycles. The number of ether oxygens (including phenoxy) is 3. The van der Waals surface area contributed by atoms with Gasteiger partial charge in [-0.2, -0.15) is 0 Å². The lowest BCUT2D eigenvalue weighted by atomic mass is 10.2. The Kier molecular flexibility index (Phi) is 7.32. The van der Waals surface area contributed by atoms with Crippen LogP contribution in [0, 0.1) is 0 Å². The molecule has 7 heteroatoms. The fraction of sp³-hybridized carbons (Fsp3) is 0.154. The number of amidine groups is 1. The molecule has 1 aliphatic heterocycles. The second-order valence-electron chi connectivity index (χ2n) is 7.05. The Bertz CT molecular complexity index is 1160. The lowest BCUT2D eigenvalue weighted by molar-refractivity contribution is -0.113. The number of hydrogen-bond acceptors (Lipinski definition) is 6. The molecule has 0 aromatic heterocycles. The van der Waals surface area contributed by atoms with Gasteiger partial charge in [-0.3, -0.25) is 9.69 Å². The summed E-state index contributed by atoms with van der Waals surface area (Å²) in [6, 6.07) is 24.5. The first-order chi connectivity index (χ1) is 16.2. The van der Waals surface area contributed by atoms with Crippen LogP contribution in [0.2, 0.25) is 0 Å². The summed E-state index contributed by atoms with van der Waals surface area (Å²) < 4.78 is 16.3. The smallest absolute Gasteiger partial charge is 0.283 e. The highest BCUT2D eigenvalue weighted by Crippen LogP contribution is 2.31. The first kappa shape index (κ1) is 22.5. The Morgan fingerprint density at radius 2 is 1.61 bits per heavy atom. The molecule has 0 radical (unpaired) electrons. The maximum absolute atomic E-state index is 13.3. The SMILES string of the molecule is COc1ccc(C=C2N=C(SCCOc3ccccc3)N(c3cccc(OC)c3)C2=O)cc1. The summed E-state index contributed by atoms with van der Waals surface area (Å²) in [5.41, 5.74) is 1.94. The summed E-state index contributed by atoms with van der Waals surface area (Å²) in [7, 11) is 3.22. The van der Waals surface area contributed by atoms with Crippen molar-refractivity contribution in [2.45, 2.75) is 0 Å². The van der Waals surface area contributed by atoms with Crippen LogP contribution >= 0.6 is 11.8 Å². The van der Waals surface area contributed by atoms with Gasteiger partial charge in [-0.25, -0.2) is 4.99 Å². The van der Waals surface area contributed by atoms with Gasteiger partial charge in [0.05, 0.1) is 26.5 Å². The lowest BCUT2D eigenvalue weighted by Gasteiger charge is -2.18. The molecule has 0 saturated carbocycles. The fourth-order valence-corrected chi connectivity index (χ4v) is 4.07. The van der Waals surface area contributed by atoms with Crippen molar-refractivity contribution in [2.75, 3.05) is 31.5 Å². The number of methoxy groups -OCH3 is 2. The Labute approximate surface area is 197 Å². The maximum Gasteiger partial charge on any atom is 0.283 e. The quantitative estimate of drug-likeness (QED) is 0.339. The van der Waals surface area contributed by atoms with Gasteiger partial charge in [-0.05, 0) is 48.0 Å². The van der Waals surface area contributed by atoms with Gasteiger partial charge in [0.2, 0.25) is 0 Å². The molecule has 168 valence electrons. The summed E-state index contributed by atoms with van der Waals surface area (Å²) in [5.74, 6) is 2.69. The minimum absolute atomic E-state index is 0.189. The van der Waals surface area contributed by atoms with Crippen LogP contribution in [0.5, 0.6) is 17.2 Å². The second kappa shape index (κ2) is 10.7. The van der Waals surface area contributed by atoms with E-state index in [1.165, 1.54) is 11.8 Å². The Balaban J connectivity index is 1.55. The topological polar surface area (TPSA) is 60.4 Å². The van der Waals surface area contributed by atoms with Crippen molar-refractivity contribution in [1.29, 1.82) is 0 Å². The number of carbonyl (C=O) groups excluding carboxylic acids is 1. The number of rotatable bonds is 8. The standard InChI is InChI=1S/C26H24N2O4S/c1-30-21-13-11-19(12-14-21)17-24-25(29)28(20-7-6-10-23(18-20)31-2)26(27-24)33-16-15-32-22-8-4-3-5-9-22/h3-14,17-18H,15-16H2,1-2H3. The second-order valence-corrected chi connectivity index (χ2v) is 8.11. The van der Waals surface area contributed by atoms with Crippen LogP contribution in [0.4, 0.5) is 5.69 Å². The number of amides is 1. The van der Waals surface area contributed by atoms with E-state index in [9.17, 15) is 4.79 Å². The predicted molar refractivity (Wildman–Crippen MR) is 133 cm³/mol. The molecule has 0 unspecified atom stereocenters. The molecular formula is C26H24N2O4S. The van der Waals surface area contributed by atoms with Gasteiger partial charge in [0, 0.05) is 11.8 Å². The summed E-state index contributed by atoms with van der Waals surface area (Å²) in [6.07, 6.45) is 1.78. The molecule has 1 aliphatic rings. The van der Waals surface area contributed by atoms with E-state index in [1.54, 1.807) is 25.2 Å². The Hall–Kier alpha value is -3.71. The van der Waals surface area contributed by atoms with E-state index in [0.717, 1.165) is 17.1 Å². The van der Waals surface area contributed by atoms with Gasteiger partial charge in [0.15, 0.2) is 5.17 Å². The van der Waals surface area contributed by atoms with Crippen molar-refractivity contribution in [2.24, 2.45) is 4.99 Å². The lowest BCUT2D eigenvalue weighted by Crippen LogP contribution is -2.30. The van der Waals surface area contributed by atoms with Crippen LogP contribution in [0.25, 0.3) is 6.08 Å². The average molecular weight is 461 g/mol. The number of nitrogens with zero attached hydrogens (tertiary/aromatic N) is 2. The van der Waals surface area contributed by atoms with Gasteiger partial charge in [0.25, 0.3) is 5.91 Å². The average Bonchev–Trinajstić information content (AvgIpc) is 3.17. The van der Waals surface area contributed by atoms with Crippen LogP contribution in [-0.4, -0.2) is 37.7 Å². The Morgan fingerprint density at radius 1 is 0.879 bits per heavy atom. The van der Waals surface area contributed by atoms with Gasteiger partial charge in [-0.15, -0.1) is 0 Å². The first-order valence-corrected chi connectivity index (χ1v) is 11.4. The highest BCUT2D eigenvalue weighted by atomic mass is 32.2. The van der Waals surface area contributed by atoms with Crippen molar-refractivity contribution in [3.63, 3.8) is 0 Å². The van der Waals surface area contributed by atoms with E-state index in [4.69, 9.17) is 14.2 Å². The highest BCUT2D eigenvalue weighted by Gasteiger charge is 2.32. The van der Waals surface area contributed by atoms with Crippen LogP contribution in [0.15, 0.2) is 89.6 Å². The monoisotopic (exact) mass is 460 g/mol. The summed E-state index contributed by atoms with van der Waals surface area (Å²) in [4.78, 5) is 19.6. The van der Waals surface area contributed by atoms with Gasteiger partial charge in [-0.1, -0.05) is 48.2 Å². The molecule has 3 aromatic carbocycles. The number of thioether (sulfide) groups is 1. The molecule has 0 spiro atoms. The molecule has 0 bridgehead atoms. The third-order valence-corrected chi connectivity index (χ3v) is 5.79. The number of carbonyl (C=O) groups is 1. The zero-order valence-corrected chi connectivity index (χ0v) is 19.2. The van der Waals surface area contributed by atoms with E-state index in [0.29, 0.717) is 34.7 Å². The minimum atomic E-state index is -0.189. The third-order valence-electron chi connectivity index (χ3n) is 4.89. The number of anilines is 1. The fourth-order valence-electron chi connectivity index (χ4n) is 3.24. The molecular weight excluding hydrogens is 436 g/mol. The van der Waals surface area contributed by atoms with E-state index >= 15 is 0 Å². The molecule has 33 heavy (non-hydrogen) atoms. The molecule has 4 rings (SSSR count). The van der Waals surface area contributed by atoms with E-state index in [2.05, 4.69) is 4.99 Å². The van der Waals surface area contributed by atoms with Gasteiger partial charge in [0.1, 0.15) is 22.9 Å². The molecule has 1 amide bonds.